The van der Waals surface area contributed by atoms with Gasteiger partial charge >= 0.3 is 0 Å². The lowest BCUT2D eigenvalue weighted by molar-refractivity contribution is 0.0302. The van der Waals surface area contributed by atoms with Crippen LogP contribution < -0.4 is 0 Å². The normalized spacial score (nSPS) is 43.0. The Balaban J connectivity index is 1.81. The average Bonchev–Trinajstić information content (AvgIpc) is 2.86. The van der Waals surface area contributed by atoms with E-state index in [1.54, 1.807) is 5.57 Å². The summed E-state index contributed by atoms with van der Waals surface area (Å²) < 4.78 is 0. The molecule has 23 heavy (non-hydrogen) atoms. The van der Waals surface area contributed by atoms with E-state index in [1.165, 1.54) is 36.8 Å². The fourth-order valence-corrected chi connectivity index (χ4v) is 5.47. The molecule has 3 saturated carbocycles. The van der Waals surface area contributed by atoms with Gasteiger partial charge in [0.2, 0.25) is 0 Å². The van der Waals surface area contributed by atoms with Crippen LogP contribution in [0.15, 0.2) is 35.5 Å². The summed E-state index contributed by atoms with van der Waals surface area (Å²) >= 11 is 0. The molecule has 0 heterocycles. The first-order valence-electron chi connectivity index (χ1n) is 9.35. The van der Waals surface area contributed by atoms with Crippen LogP contribution in [0.4, 0.5) is 0 Å². The Morgan fingerprint density at radius 2 is 2.00 bits per heavy atom. The smallest absolute Gasteiger partial charge is 0.0583 e. The molecule has 0 amide bonds. The van der Waals surface area contributed by atoms with E-state index >= 15 is 0 Å². The number of hydrogen-bond acceptors (Lipinski definition) is 2. The topological polar surface area (TPSA) is 40.5 Å². The Morgan fingerprint density at radius 1 is 1.22 bits per heavy atom. The molecule has 3 rings (SSSR count). The largest absolute Gasteiger partial charge is 0.393 e. The van der Waals surface area contributed by atoms with Crippen molar-refractivity contribution in [3.05, 3.63) is 35.5 Å². The monoisotopic (exact) mass is 316 g/mol. The van der Waals surface area contributed by atoms with Crippen LogP contribution in [-0.2, 0) is 0 Å². The minimum Gasteiger partial charge on any atom is -0.393 e. The minimum absolute atomic E-state index is 0.198. The lowest BCUT2D eigenvalue weighted by Gasteiger charge is -2.43. The van der Waals surface area contributed by atoms with Gasteiger partial charge < -0.3 is 10.2 Å². The zero-order valence-electron chi connectivity index (χ0n) is 14.7. The van der Waals surface area contributed by atoms with Crippen molar-refractivity contribution in [3.8, 4) is 0 Å². The van der Waals surface area contributed by atoms with Gasteiger partial charge in [-0.05, 0) is 81.1 Å². The minimum atomic E-state index is -0.201. The van der Waals surface area contributed by atoms with Crippen molar-refractivity contribution in [1.29, 1.82) is 0 Å². The highest BCUT2D eigenvalue weighted by atomic mass is 16.3. The van der Waals surface area contributed by atoms with Crippen LogP contribution in [0.3, 0.4) is 0 Å². The SMILES string of the molecule is C=C1CC[C@H](O)C/C1=C/C=C1\CCC[C@]2(C)C([C@@H](C)O)CC[C@@H]12. The zero-order chi connectivity index (χ0) is 16.6. The second-order valence-corrected chi connectivity index (χ2v) is 8.27. The number of aliphatic hydroxyl groups is 2. The molecule has 0 aromatic carbocycles. The van der Waals surface area contributed by atoms with Gasteiger partial charge in [0.05, 0.1) is 12.2 Å². The second kappa shape index (κ2) is 6.57. The Labute approximate surface area is 141 Å². The molecule has 0 bridgehead atoms. The molecule has 0 radical (unpaired) electrons. The highest BCUT2D eigenvalue weighted by Crippen LogP contribution is 2.58. The molecule has 2 nitrogen and oxygen atoms in total. The molecular formula is C21H32O2. The summed E-state index contributed by atoms with van der Waals surface area (Å²) in [5.41, 5.74) is 4.25. The third kappa shape index (κ3) is 3.21. The van der Waals surface area contributed by atoms with Crippen LogP contribution in [0, 0.1) is 17.3 Å². The summed E-state index contributed by atoms with van der Waals surface area (Å²) in [6.07, 6.45) is 12.7. The van der Waals surface area contributed by atoms with E-state index in [-0.39, 0.29) is 17.6 Å². The molecule has 0 aromatic rings. The predicted octanol–water partition coefficient (Wildman–Crippen LogP) is 4.54. The maximum Gasteiger partial charge on any atom is 0.0583 e. The average molecular weight is 316 g/mol. The van der Waals surface area contributed by atoms with Crippen molar-refractivity contribution in [3.63, 3.8) is 0 Å². The summed E-state index contributed by atoms with van der Waals surface area (Å²) in [4.78, 5) is 0. The third-order valence-electron chi connectivity index (χ3n) is 6.81. The van der Waals surface area contributed by atoms with Gasteiger partial charge in [-0.25, -0.2) is 0 Å². The molecular weight excluding hydrogens is 284 g/mol. The van der Waals surface area contributed by atoms with Crippen molar-refractivity contribution in [2.24, 2.45) is 17.3 Å². The molecule has 128 valence electrons. The molecule has 3 aliphatic carbocycles. The summed E-state index contributed by atoms with van der Waals surface area (Å²) in [5.74, 6) is 1.06. The summed E-state index contributed by atoms with van der Waals surface area (Å²) in [6.45, 7) is 8.53. The summed E-state index contributed by atoms with van der Waals surface area (Å²) in [6, 6.07) is 0. The number of rotatable bonds is 2. The lowest BCUT2D eigenvalue weighted by Crippen LogP contribution is -2.37. The van der Waals surface area contributed by atoms with E-state index in [1.807, 2.05) is 6.92 Å². The molecule has 0 aromatic heterocycles. The van der Waals surface area contributed by atoms with Crippen LogP contribution in [0.1, 0.15) is 65.2 Å². The first kappa shape index (κ1) is 17.0. The number of hydrogen-bond donors (Lipinski definition) is 2. The molecule has 0 spiro atoms. The quantitative estimate of drug-likeness (QED) is 0.785. The van der Waals surface area contributed by atoms with E-state index in [9.17, 15) is 10.2 Å². The Bertz CT molecular complexity index is 528. The molecule has 3 aliphatic rings. The first-order valence-corrected chi connectivity index (χ1v) is 9.35. The van der Waals surface area contributed by atoms with Crippen LogP contribution in [-0.4, -0.2) is 22.4 Å². The Morgan fingerprint density at radius 3 is 2.74 bits per heavy atom. The molecule has 3 fully saturated rings. The number of fused-ring (bicyclic) bond motifs is 1. The van der Waals surface area contributed by atoms with Crippen molar-refractivity contribution >= 4 is 0 Å². The number of allylic oxidation sites excluding steroid dienone is 4. The van der Waals surface area contributed by atoms with Gasteiger partial charge in [0, 0.05) is 0 Å². The van der Waals surface area contributed by atoms with E-state index in [2.05, 4.69) is 25.7 Å². The van der Waals surface area contributed by atoms with Crippen molar-refractivity contribution in [2.75, 3.05) is 0 Å². The lowest BCUT2D eigenvalue weighted by atomic mass is 9.62. The second-order valence-electron chi connectivity index (χ2n) is 8.27. The predicted molar refractivity (Wildman–Crippen MR) is 95.0 cm³/mol. The van der Waals surface area contributed by atoms with E-state index in [0.717, 1.165) is 25.7 Å². The van der Waals surface area contributed by atoms with Crippen LogP contribution in [0.2, 0.25) is 0 Å². The maximum atomic E-state index is 10.2. The molecule has 2 N–H and O–H groups in total. The first-order chi connectivity index (χ1) is 10.9. The summed E-state index contributed by atoms with van der Waals surface area (Å²) in [7, 11) is 0. The Hall–Kier alpha value is -0.860. The molecule has 2 heteroatoms. The van der Waals surface area contributed by atoms with Gasteiger partial charge in [0.25, 0.3) is 0 Å². The standard InChI is InChI=1S/C21H32O2/c1-14-6-9-18(23)13-17(14)8-7-16-5-4-12-21(3)19(15(2)22)10-11-20(16)21/h7-8,15,18-20,22-23H,1,4-6,9-13H2,2-3H3/b16-7+,17-8-/t15-,18+,19?,20+,21-/m1/s1. The van der Waals surface area contributed by atoms with Crippen molar-refractivity contribution in [1.82, 2.24) is 0 Å². The maximum absolute atomic E-state index is 10.2. The van der Waals surface area contributed by atoms with Crippen molar-refractivity contribution < 1.29 is 10.2 Å². The van der Waals surface area contributed by atoms with Gasteiger partial charge in [-0.15, -0.1) is 0 Å². The van der Waals surface area contributed by atoms with Crippen molar-refractivity contribution in [2.45, 2.75) is 77.4 Å². The van der Waals surface area contributed by atoms with Gasteiger partial charge in [-0.2, -0.15) is 0 Å². The van der Waals surface area contributed by atoms with Crippen LogP contribution in [0.25, 0.3) is 0 Å². The van der Waals surface area contributed by atoms with Gasteiger partial charge in [0.1, 0.15) is 0 Å². The highest BCUT2D eigenvalue weighted by molar-refractivity contribution is 5.36. The summed E-state index contributed by atoms with van der Waals surface area (Å²) in [5, 5.41) is 20.1. The van der Waals surface area contributed by atoms with E-state index in [4.69, 9.17) is 0 Å². The molecule has 5 atom stereocenters. The van der Waals surface area contributed by atoms with Gasteiger partial charge in [0.15, 0.2) is 0 Å². The number of aliphatic hydroxyl groups excluding tert-OH is 2. The van der Waals surface area contributed by atoms with Gasteiger partial charge in [-0.1, -0.05) is 36.8 Å². The van der Waals surface area contributed by atoms with E-state index in [0.29, 0.717) is 11.8 Å². The zero-order valence-corrected chi connectivity index (χ0v) is 14.7. The van der Waals surface area contributed by atoms with Gasteiger partial charge in [-0.3, -0.25) is 0 Å². The third-order valence-corrected chi connectivity index (χ3v) is 6.81. The molecule has 1 unspecified atom stereocenters. The molecule has 0 saturated heterocycles. The highest BCUT2D eigenvalue weighted by Gasteiger charge is 2.50. The fourth-order valence-electron chi connectivity index (χ4n) is 5.47. The van der Waals surface area contributed by atoms with Crippen LogP contribution >= 0.6 is 0 Å². The Kier molecular flexibility index (Phi) is 4.85. The van der Waals surface area contributed by atoms with E-state index < -0.39 is 0 Å². The van der Waals surface area contributed by atoms with Crippen LogP contribution in [0.5, 0.6) is 0 Å². The fraction of sp³-hybridized carbons (Fsp3) is 0.714. The molecule has 0 aliphatic heterocycles.